The van der Waals surface area contributed by atoms with Gasteiger partial charge in [0.2, 0.25) is 0 Å². The first-order valence-corrected chi connectivity index (χ1v) is 8.08. The van der Waals surface area contributed by atoms with Crippen molar-refractivity contribution in [3.05, 3.63) is 21.4 Å². The predicted molar refractivity (Wildman–Crippen MR) is 77.2 cm³/mol. The van der Waals surface area contributed by atoms with Crippen LogP contribution >= 0.6 is 11.3 Å². The van der Waals surface area contributed by atoms with Gasteiger partial charge in [0.15, 0.2) is 0 Å². The number of amides is 1. The second-order valence-electron chi connectivity index (χ2n) is 5.77. The van der Waals surface area contributed by atoms with Crippen molar-refractivity contribution >= 4 is 23.2 Å². The monoisotopic (exact) mass is 293 g/mol. The Hall–Kier alpha value is -1.36. The normalized spacial score (nSPS) is 21.8. The lowest BCUT2D eigenvalue weighted by Gasteiger charge is -2.14. The molecule has 0 aromatic carbocycles. The molecule has 0 radical (unpaired) electrons. The molecule has 2 aliphatic rings. The van der Waals surface area contributed by atoms with Gasteiger partial charge in [-0.3, -0.25) is 9.59 Å². The maximum Gasteiger partial charge on any atom is 0.303 e. The zero-order valence-corrected chi connectivity index (χ0v) is 12.2. The van der Waals surface area contributed by atoms with Crippen LogP contribution < -0.4 is 0 Å². The number of carbonyl (C=O) groups is 2. The van der Waals surface area contributed by atoms with Gasteiger partial charge < -0.3 is 10.0 Å². The fraction of sp³-hybridized carbons (Fsp3) is 0.600. The SMILES string of the molecule is O=C(O)CC1CCN(C(=O)c2cc3c(s2)CCCC3)C1. The lowest BCUT2D eigenvalue weighted by molar-refractivity contribution is -0.138. The second-order valence-corrected chi connectivity index (χ2v) is 6.91. The average Bonchev–Trinajstić information content (AvgIpc) is 3.03. The van der Waals surface area contributed by atoms with E-state index in [1.807, 2.05) is 4.90 Å². The number of hydrogen-bond donors (Lipinski definition) is 1. The number of carbonyl (C=O) groups excluding carboxylic acids is 1. The molecule has 1 unspecified atom stereocenters. The Morgan fingerprint density at radius 3 is 2.90 bits per heavy atom. The van der Waals surface area contributed by atoms with Gasteiger partial charge >= 0.3 is 5.97 Å². The Bertz CT molecular complexity index is 514. The van der Waals surface area contributed by atoms with Gasteiger partial charge in [0.05, 0.1) is 4.88 Å². The van der Waals surface area contributed by atoms with E-state index in [0.717, 1.165) is 24.1 Å². The molecular formula is C15H19NO3S. The molecule has 1 saturated heterocycles. The molecule has 1 aliphatic carbocycles. The lowest BCUT2D eigenvalue weighted by atomic mass is 9.99. The molecule has 1 atom stereocenters. The summed E-state index contributed by atoms with van der Waals surface area (Å²) in [5.74, 6) is -0.556. The molecule has 0 bridgehead atoms. The van der Waals surface area contributed by atoms with E-state index in [2.05, 4.69) is 6.07 Å². The van der Waals surface area contributed by atoms with Gasteiger partial charge in [-0.2, -0.15) is 0 Å². The van der Waals surface area contributed by atoms with E-state index in [0.29, 0.717) is 13.1 Å². The number of carboxylic acids is 1. The Labute approximate surface area is 122 Å². The summed E-state index contributed by atoms with van der Waals surface area (Å²) in [6.07, 6.45) is 5.64. The molecule has 5 heteroatoms. The summed E-state index contributed by atoms with van der Waals surface area (Å²) in [6.45, 7) is 1.28. The van der Waals surface area contributed by atoms with E-state index in [-0.39, 0.29) is 18.2 Å². The fourth-order valence-electron chi connectivity index (χ4n) is 3.18. The molecule has 1 aromatic rings. The highest BCUT2D eigenvalue weighted by molar-refractivity contribution is 7.14. The molecule has 1 N–H and O–H groups in total. The summed E-state index contributed by atoms with van der Waals surface area (Å²) in [7, 11) is 0. The van der Waals surface area contributed by atoms with Crippen molar-refractivity contribution in [3.8, 4) is 0 Å². The summed E-state index contributed by atoms with van der Waals surface area (Å²) >= 11 is 1.64. The van der Waals surface area contributed by atoms with Crippen LogP contribution in [0.1, 0.15) is 45.8 Å². The van der Waals surface area contributed by atoms with Crippen LogP contribution in [0, 0.1) is 5.92 Å². The van der Waals surface area contributed by atoms with Gasteiger partial charge in [0.1, 0.15) is 0 Å². The van der Waals surface area contributed by atoms with Crippen molar-refractivity contribution < 1.29 is 14.7 Å². The van der Waals surface area contributed by atoms with Crippen LogP contribution in [-0.2, 0) is 17.6 Å². The van der Waals surface area contributed by atoms with Crippen LogP contribution in [0.4, 0.5) is 0 Å². The van der Waals surface area contributed by atoms with Gasteiger partial charge in [-0.25, -0.2) is 0 Å². The minimum atomic E-state index is -0.768. The first-order chi connectivity index (χ1) is 9.63. The van der Waals surface area contributed by atoms with Crippen LogP contribution in [0.2, 0.25) is 0 Å². The van der Waals surface area contributed by atoms with Crippen LogP contribution in [0.15, 0.2) is 6.07 Å². The molecule has 1 aliphatic heterocycles. The topological polar surface area (TPSA) is 57.6 Å². The number of likely N-dealkylation sites (tertiary alicyclic amines) is 1. The van der Waals surface area contributed by atoms with Crippen molar-refractivity contribution in [2.45, 2.75) is 38.5 Å². The average molecular weight is 293 g/mol. The molecule has 1 aromatic heterocycles. The molecule has 1 amide bonds. The van der Waals surface area contributed by atoms with E-state index in [4.69, 9.17) is 5.11 Å². The first kappa shape index (κ1) is 13.6. The van der Waals surface area contributed by atoms with Gasteiger partial charge in [0, 0.05) is 24.4 Å². The zero-order valence-electron chi connectivity index (χ0n) is 11.4. The lowest BCUT2D eigenvalue weighted by Crippen LogP contribution is -2.28. The van der Waals surface area contributed by atoms with E-state index in [1.165, 1.54) is 23.3 Å². The number of thiophene rings is 1. The highest BCUT2D eigenvalue weighted by Gasteiger charge is 2.29. The summed E-state index contributed by atoms with van der Waals surface area (Å²) in [5.41, 5.74) is 1.35. The largest absolute Gasteiger partial charge is 0.481 e. The van der Waals surface area contributed by atoms with Crippen LogP contribution in [-0.4, -0.2) is 35.0 Å². The molecule has 2 heterocycles. The maximum atomic E-state index is 12.5. The summed E-state index contributed by atoms with van der Waals surface area (Å²) < 4.78 is 0. The number of aliphatic carboxylic acids is 1. The van der Waals surface area contributed by atoms with Crippen LogP contribution in [0.25, 0.3) is 0 Å². The predicted octanol–water partition coefficient (Wildman–Crippen LogP) is 2.56. The van der Waals surface area contributed by atoms with Gasteiger partial charge in [0.25, 0.3) is 5.91 Å². The third kappa shape index (κ3) is 2.73. The molecule has 0 spiro atoms. The van der Waals surface area contributed by atoms with Crippen molar-refractivity contribution in [2.75, 3.05) is 13.1 Å². The molecule has 0 saturated carbocycles. The van der Waals surface area contributed by atoms with Gasteiger partial charge in [-0.1, -0.05) is 0 Å². The van der Waals surface area contributed by atoms with Crippen molar-refractivity contribution in [1.82, 2.24) is 4.90 Å². The number of fused-ring (bicyclic) bond motifs is 1. The standard InChI is InChI=1S/C15H19NO3S/c17-14(18)7-10-5-6-16(9-10)15(19)13-8-11-3-1-2-4-12(11)20-13/h8,10H,1-7,9H2,(H,17,18). The van der Waals surface area contributed by atoms with E-state index in [1.54, 1.807) is 11.3 Å². The van der Waals surface area contributed by atoms with Crippen molar-refractivity contribution in [2.24, 2.45) is 5.92 Å². The number of rotatable bonds is 3. The molecular weight excluding hydrogens is 274 g/mol. The molecule has 20 heavy (non-hydrogen) atoms. The molecule has 1 fully saturated rings. The van der Waals surface area contributed by atoms with E-state index < -0.39 is 5.97 Å². The van der Waals surface area contributed by atoms with E-state index >= 15 is 0 Å². The number of nitrogens with zero attached hydrogens (tertiary/aromatic N) is 1. The summed E-state index contributed by atoms with van der Waals surface area (Å²) in [6, 6.07) is 2.06. The maximum absolute atomic E-state index is 12.5. The third-order valence-electron chi connectivity index (χ3n) is 4.24. The zero-order chi connectivity index (χ0) is 14.1. The van der Waals surface area contributed by atoms with Gasteiger partial charge in [-0.05, 0) is 49.7 Å². The minimum Gasteiger partial charge on any atom is -0.481 e. The second kappa shape index (κ2) is 5.56. The molecule has 3 rings (SSSR count). The fourth-order valence-corrected chi connectivity index (χ4v) is 4.40. The Balaban J connectivity index is 1.67. The highest BCUT2D eigenvalue weighted by Crippen LogP contribution is 2.31. The number of hydrogen-bond acceptors (Lipinski definition) is 3. The van der Waals surface area contributed by atoms with Crippen molar-refractivity contribution in [3.63, 3.8) is 0 Å². The highest BCUT2D eigenvalue weighted by atomic mass is 32.1. The summed E-state index contributed by atoms with van der Waals surface area (Å²) in [4.78, 5) is 27.3. The smallest absolute Gasteiger partial charge is 0.303 e. The van der Waals surface area contributed by atoms with Crippen LogP contribution in [0.3, 0.4) is 0 Å². The number of aryl methyl sites for hydroxylation is 2. The first-order valence-electron chi connectivity index (χ1n) is 7.26. The quantitative estimate of drug-likeness (QED) is 0.932. The minimum absolute atomic E-state index is 0.0947. The van der Waals surface area contributed by atoms with Gasteiger partial charge in [-0.15, -0.1) is 11.3 Å². The van der Waals surface area contributed by atoms with E-state index in [9.17, 15) is 9.59 Å². The Morgan fingerprint density at radius 1 is 1.35 bits per heavy atom. The number of carboxylic acid groups (broad SMARTS) is 1. The van der Waals surface area contributed by atoms with Crippen LogP contribution in [0.5, 0.6) is 0 Å². The molecule has 108 valence electrons. The third-order valence-corrected chi connectivity index (χ3v) is 5.47. The Kier molecular flexibility index (Phi) is 3.78. The summed E-state index contributed by atoms with van der Waals surface area (Å²) in [5, 5.41) is 8.82. The van der Waals surface area contributed by atoms with Crippen molar-refractivity contribution in [1.29, 1.82) is 0 Å². The molecule has 4 nitrogen and oxygen atoms in total. The Morgan fingerprint density at radius 2 is 2.15 bits per heavy atom.